The Morgan fingerprint density at radius 3 is 2.88 bits per heavy atom. The predicted octanol–water partition coefficient (Wildman–Crippen LogP) is 3.01. The van der Waals surface area contributed by atoms with Gasteiger partial charge in [0.1, 0.15) is 5.75 Å². The SMILES string of the molecule is CCNC(=NCc1cccc(OC)c1)NCCc1ncc(CC)s1. The number of aromatic nitrogens is 1. The molecule has 24 heavy (non-hydrogen) atoms. The van der Waals surface area contributed by atoms with Crippen LogP contribution in [-0.4, -0.2) is 31.1 Å². The molecule has 1 heterocycles. The van der Waals surface area contributed by atoms with Gasteiger partial charge in [-0.25, -0.2) is 9.98 Å². The second kappa shape index (κ2) is 9.93. The zero-order chi connectivity index (χ0) is 17.2. The van der Waals surface area contributed by atoms with Crippen molar-refractivity contribution in [3.63, 3.8) is 0 Å². The molecule has 0 radical (unpaired) electrons. The lowest BCUT2D eigenvalue weighted by Gasteiger charge is -2.11. The van der Waals surface area contributed by atoms with E-state index in [9.17, 15) is 0 Å². The predicted molar refractivity (Wildman–Crippen MR) is 101 cm³/mol. The number of aryl methyl sites for hydroxylation is 1. The highest BCUT2D eigenvalue weighted by Crippen LogP contribution is 2.14. The molecule has 0 aliphatic heterocycles. The molecule has 0 amide bonds. The smallest absolute Gasteiger partial charge is 0.191 e. The van der Waals surface area contributed by atoms with Gasteiger partial charge in [0.05, 0.1) is 18.7 Å². The first kappa shape index (κ1) is 18.3. The average Bonchev–Trinajstić information content (AvgIpc) is 3.08. The Morgan fingerprint density at radius 1 is 1.29 bits per heavy atom. The van der Waals surface area contributed by atoms with Crippen molar-refractivity contribution < 1.29 is 4.74 Å². The van der Waals surface area contributed by atoms with E-state index in [1.807, 2.05) is 24.4 Å². The van der Waals surface area contributed by atoms with Gasteiger partial charge in [-0.3, -0.25) is 0 Å². The number of benzene rings is 1. The average molecular weight is 347 g/mol. The van der Waals surface area contributed by atoms with Crippen LogP contribution < -0.4 is 15.4 Å². The summed E-state index contributed by atoms with van der Waals surface area (Å²) in [6, 6.07) is 7.99. The summed E-state index contributed by atoms with van der Waals surface area (Å²) in [5.74, 6) is 1.68. The molecule has 0 unspecified atom stereocenters. The van der Waals surface area contributed by atoms with Gasteiger partial charge in [-0.1, -0.05) is 19.1 Å². The molecule has 0 saturated heterocycles. The summed E-state index contributed by atoms with van der Waals surface area (Å²) in [7, 11) is 1.68. The molecule has 1 aromatic carbocycles. The summed E-state index contributed by atoms with van der Waals surface area (Å²) in [6.07, 6.45) is 3.94. The van der Waals surface area contributed by atoms with Crippen LogP contribution in [0, 0.1) is 0 Å². The van der Waals surface area contributed by atoms with Crippen LogP contribution in [0.4, 0.5) is 0 Å². The Labute approximate surface area is 148 Å². The van der Waals surface area contributed by atoms with Crippen LogP contribution in [-0.2, 0) is 19.4 Å². The lowest BCUT2D eigenvalue weighted by Crippen LogP contribution is -2.38. The third-order valence-corrected chi connectivity index (χ3v) is 4.68. The number of aliphatic imine (C=N–C) groups is 1. The lowest BCUT2D eigenvalue weighted by atomic mass is 10.2. The molecule has 2 aromatic rings. The largest absolute Gasteiger partial charge is 0.497 e. The molecule has 0 atom stereocenters. The first-order valence-electron chi connectivity index (χ1n) is 8.33. The molecule has 1 aromatic heterocycles. The van der Waals surface area contributed by atoms with Crippen molar-refractivity contribution >= 4 is 17.3 Å². The van der Waals surface area contributed by atoms with E-state index in [4.69, 9.17) is 4.74 Å². The van der Waals surface area contributed by atoms with Crippen LogP contribution in [0.5, 0.6) is 5.75 Å². The van der Waals surface area contributed by atoms with Gasteiger partial charge in [-0.05, 0) is 31.0 Å². The highest BCUT2D eigenvalue weighted by molar-refractivity contribution is 7.11. The molecule has 2 N–H and O–H groups in total. The van der Waals surface area contributed by atoms with Gasteiger partial charge in [-0.2, -0.15) is 0 Å². The van der Waals surface area contributed by atoms with Crippen molar-refractivity contribution in [1.29, 1.82) is 0 Å². The van der Waals surface area contributed by atoms with E-state index >= 15 is 0 Å². The van der Waals surface area contributed by atoms with Crippen molar-refractivity contribution in [2.75, 3.05) is 20.2 Å². The fourth-order valence-electron chi connectivity index (χ4n) is 2.20. The van der Waals surface area contributed by atoms with Crippen molar-refractivity contribution in [3.8, 4) is 5.75 Å². The molecular formula is C18H26N4OS. The standard InChI is InChI=1S/C18H26N4OS/c1-4-16-13-21-17(24-16)9-10-20-18(19-5-2)22-12-14-7-6-8-15(11-14)23-3/h6-8,11,13H,4-5,9-10,12H2,1-3H3,(H2,19,20,22). The summed E-state index contributed by atoms with van der Waals surface area (Å²) >= 11 is 1.79. The summed E-state index contributed by atoms with van der Waals surface area (Å²) in [5.41, 5.74) is 1.12. The van der Waals surface area contributed by atoms with E-state index in [2.05, 4.69) is 40.5 Å². The Morgan fingerprint density at radius 2 is 2.17 bits per heavy atom. The molecule has 6 heteroatoms. The van der Waals surface area contributed by atoms with E-state index in [-0.39, 0.29) is 0 Å². The summed E-state index contributed by atoms with van der Waals surface area (Å²) in [4.78, 5) is 10.4. The number of rotatable bonds is 8. The van der Waals surface area contributed by atoms with Gasteiger partial charge >= 0.3 is 0 Å². The zero-order valence-electron chi connectivity index (χ0n) is 14.6. The molecule has 0 saturated carbocycles. The highest BCUT2D eigenvalue weighted by Gasteiger charge is 2.02. The topological polar surface area (TPSA) is 58.5 Å². The highest BCUT2D eigenvalue weighted by atomic mass is 32.1. The molecule has 2 rings (SSSR count). The van der Waals surface area contributed by atoms with Crippen molar-refractivity contribution in [1.82, 2.24) is 15.6 Å². The molecule has 130 valence electrons. The van der Waals surface area contributed by atoms with E-state index in [0.29, 0.717) is 6.54 Å². The number of nitrogens with one attached hydrogen (secondary N) is 2. The van der Waals surface area contributed by atoms with Gasteiger partial charge in [0, 0.05) is 30.6 Å². The summed E-state index contributed by atoms with van der Waals surface area (Å²) in [6.45, 7) is 6.49. The molecule has 0 bridgehead atoms. The van der Waals surface area contributed by atoms with Crippen LogP contribution in [0.2, 0.25) is 0 Å². The Balaban J connectivity index is 1.87. The van der Waals surface area contributed by atoms with E-state index < -0.39 is 0 Å². The normalized spacial score (nSPS) is 11.4. The number of hydrogen-bond acceptors (Lipinski definition) is 4. The minimum Gasteiger partial charge on any atom is -0.497 e. The Kier molecular flexibility index (Phi) is 7.55. The zero-order valence-corrected chi connectivity index (χ0v) is 15.4. The monoisotopic (exact) mass is 346 g/mol. The van der Waals surface area contributed by atoms with Crippen molar-refractivity contribution in [3.05, 3.63) is 45.9 Å². The molecule has 0 aliphatic carbocycles. The lowest BCUT2D eigenvalue weighted by molar-refractivity contribution is 0.414. The first-order chi connectivity index (χ1) is 11.7. The van der Waals surface area contributed by atoms with E-state index in [1.165, 1.54) is 9.88 Å². The molecule has 0 spiro atoms. The van der Waals surface area contributed by atoms with Crippen LogP contribution in [0.1, 0.15) is 29.3 Å². The summed E-state index contributed by atoms with van der Waals surface area (Å²) < 4.78 is 5.25. The molecule has 0 fully saturated rings. The fourth-order valence-corrected chi connectivity index (χ4v) is 3.06. The van der Waals surface area contributed by atoms with Gasteiger partial charge in [0.15, 0.2) is 5.96 Å². The van der Waals surface area contributed by atoms with E-state index in [0.717, 1.165) is 43.2 Å². The van der Waals surface area contributed by atoms with Crippen molar-refractivity contribution in [2.45, 2.75) is 33.2 Å². The maximum absolute atomic E-state index is 5.25. The number of methoxy groups -OCH3 is 1. The molecule has 5 nitrogen and oxygen atoms in total. The number of nitrogens with zero attached hydrogens (tertiary/aromatic N) is 2. The first-order valence-corrected chi connectivity index (χ1v) is 9.15. The quantitative estimate of drug-likeness (QED) is 0.570. The maximum atomic E-state index is 5.25. The van der Waals surface area contributed by atoms with Crippen LogP contribution in [0.25, 0.3) is 0 Å². The number of hydrogen-bond donors (Lipinski definition) is 2. The van der Waals surface area contributed by atoms with E-state index in [1.54, 1.807) is 18.4 Å². The van der Waals surface area contributed by atoms with Crippen LogP contribution >= 0.6 is 11.3 Å². The summed E-state index contributed by atoms with van der Waals surface area (Å²) in [5, 5.41) is 7.81. The third kappa shape index (κ3) is 5.85. The van der Waals surface area contributed by atoms with Crippen molar-refractivity contribution in [2.24, 2.45) is 4.99 Å². The second-order valence-corrected chi connectivity index (χ2v) is 6.50. The minimum absolute atomic E-state index is 0.615. The number of ether oxygens (including phenoxy) is 1. The van der Waals surface area contributed by atoms with Gasteiger partial charge in [-0.15, -0.1) is 11.3 Å². The van der Waals surface area contributed by atoms with Crippen LogP contribution in [0.15, 0.2) is 35.5 Å². The fraction of sp³-hybridized carbons (Fsp3) is 0.444. The molecular weight excluding hydrogens is 320 g/mol. The Bertz CT molecular complexity index is 654. The van der Waals surface area contributed by atoms with Crippen LogP contribution in [0.3, 0.4) is 0 Å². The second-order valence-electron chi connectivity index (χ2n) is 5.30. The van der Waals surface area contributed by atoms with Gasteiger partial charge in [0.2, 0.25) is 0 Å². The van der Waals surface area contributed by atoms with Gasteiger partial charge < -0.3 is 15.4 Å². The Hall–Kier alpha value is -2.08. The minimum atomic E-state index is 0.615. The third-order valence-electron chi connectivity index (χ3n) is 3.48. The molecule has 0 aliphatic rings. The maximum Gasteiger partial charge on any atom is 0.191 e. The number of thiazole rings is 1. The van der Waals surface area contributed by atoms with Gasteiger partial charge in [0.25, 0.3) is 0 Å². The number of guanidine groups is 1.